The molecule has 26 heavy (non-hydrogen) atoms. The van der Waals surface area contributed by atoms with Crippen LogP contribution < -0.4 is 15.5 Å². The fourth-order valence-corrected chi connectivity index (χ4v) is 2.69. The molecule has 0 fully saturated rings. The third kappa shape index (κ3) is 4.73. The van der Waals surface area contributed by atoms with Gasteiger partial charge < -0.3 is 15.5 Å². The molecule has 0 spiro atoms. The van der Waals surface area contributed by atoms with Crippen molar-refractivity contribution in [3.63, 3.8) is 0 Å². The number of benzene rings is 2. The Bertz CT molecular complexity index is 822. The summed E-state index contributed by atoms with van der Waals surface area (Å²) in [4.78, 5) is 26.3. The number of amides is 2. The highest BCUT2D eigenvalue weighted by Crippen LogP contribution is 2.23. The third-order valence-corrected chi connectivity index (χ3v) is 4.26. The second-order valence-corrected chi connectivity index (χ2v) is 6.12. The van der Waals surface area contributed by atoms with Crippen LogP contribution >= 0.6 is 11.6 Å². The second kappa shape index (κ2) is 8.67. The van der Waals surface area contributed by atoms with Crippen molar-refractivity contribution in [1.82, 2.24) is 0 Å². The molecule has 0 atom stereocenters. The fourth-order valence-electron chi connectivity index (χ4n) is 2.51. The van der Waals surface area contributed by atoms with Gasteiger partial charge in [0.25, 0.3) is 0 Å². The highest BCUT2D eigenvalue weighted by atomic mass is 35.5. The van der Waals surface area contributed by atoms with Crippen LogP contribution in [-0.2, 0) is 9.59 Å². The second-order valence-electron chi connectivity index (χ2n) is 5.71. The lowest BCUT2D eigenvalue weighted by Crippen LogP contribution is -2.29. The van der Waals surface area contributed by atoms with Crippen molar-refractivity contribution in [2.75, 3.05) is 28.6 Å². The van der Waals surface area contributed by atoms with Crippen LogP contribution in [0, 0.1) is 12.7 Å². The van der Waals surface area contributed by atoms with Gasteiger partial charge in [-0.1, -0.05) is 11.6 Å². The minimum Gasteiger partial charge on any atom is -0.372 e. The van der Waals surface area contributed by atoms with Crippen molar-refractivity contribution in [3.05, 3.63) is 52.8 Å². The van der Waals surface area contributed by atoms with Crippen LogP contribution in [0.1, 0.15) is 19.4 Å². The average molecular weight is 378 g/mol. The number of aryl methyl sites for hydroxylation is 1. The van der Waals surface area contributed by atoms with Gasteiger partial charge >= 0.3 is 11.8 Å². The number of hydrogen-bond acceptors (Lipinski definition) is 3. The van der Waals surface area contributed by atoms with Crippen LogP contribution in [0.5, 0.6) is 0 Å². The number of nitrogens with zero attached hydrogens (tertiary/aromatic N) is 1. The molecule has 2 aromatic rings. The molecule has 0 aliphatic carbocycles. The Morgan fingerprint density at radius 3 is 2.27 bits per heavy atom. The van der Waals surface area contributed by atoms with Gasteiger partial charge in [0.15, 0.2) is 0 Å². The van der Waals surface area contributed by atoms with E-state index in [1.54, 1.807) is 6.07 Å². The van der Waals surface area contributed by atoms with Crippen LogP contribution in [0.25, 0.3) is 0 Å². The normalized spacial score (nSPS) is 10.3. The van der Waals surface area contributed by atoms with E-state index >= 15 is 0 Å². The van der Waals surface area contributed by atoms with Crippen molar-refractivity contribution in [2.45, 2.75) is 20.8 Å². The van der Waals surface area contributed by atoms with Gasteiger partial charge in [-0.2, -0.15) is 0 Å². The van der Waals surface area contributed by atoms with Crippen LogP contribution in [0.15, 0.2) is 36.4 Å². The Kier molecular flexibility index (Phi) is 6.58. The molecule has 0 saturated carbocycles. The molecule has 2 amide bonds. The quantitative estimate of drug-likeness (QED) is 0.767. The third-order valence-electron chi connectivity index (χ3n) is 3.97. The Morgan fingerprint density at radius 2 is 1.69 bits per heavy atom. The van der Waals surface area contributed by atoms with Crippen molar-refractivity contribution < 1.29 is 14.0 Å². The predicted octanol–water partition coefficient (Wildman–Crippen LogP) is 4.21. The first-order chi connectivity index (χ1) is 12.3. The zero-order valence-electron chi connectivity index (χ0n) is 14.9. The molecule has 138 valence electrons. The number of hydrogen-bond donors (Lipinski definition) is 2. The van der Waals surface area contributed by atoms with Crippen LogP contribution in [0.3, 0.4) is 0 Å². The Labute approximate surface area is 157 Å². The SMILES string of the molecule is CCN(CC)c1ccc(NC(=O)C(=O)Nc2ccc(F)c(Cl)c2)c(C)c1. The van der Waals surface area contributed by atoms with E-state index in [9.17, 15) is 14.0 Å². The van der Waals surface area contributed by atoms with Gasteiger partial charge in [0.05, 0.1) is 5.02 Å². The summed E-state index contributed by atoms with van der Waals surface area (Å²) in [5.41, 5.74) is 2.69. The van der Waals surface area contributed by atoms with Gasteiger partial charge in [0, 0.05) is 30.2 Å². The summed E-state index contributed by atoms with van der Waals surface area (Å²) in [7, 11) is 0. The number of halogens is 2. The highest BCUT2D eigenvalue weighted by Gasteiger charge is 2.16. The molecular formula is C19H21ClFN3O2. The largest absolute Gasteiger partial charge is 0.372 e. The van der Waals surface area contributed by atoms with E-state index in [1.165, 1.54) is 12.1 Å². The Morgan fingerprint density at radius 1 is 1.04 bits per heavy atom. The zero-order chi connectivity index (χ0) is 19.3. The summed E-state index contributed by atoms with van der Waals surface area (Å²) in [6, 6.07) is 9.31. The number of rotatable bonds is 5. The van der Waals surface area contributed by atoms with Gasteiger partial charge in [0.1, 0.15) is 5.82 Å². The van der Waals surface area contributed by atoms with Gasteiger partial charge in [-0.15, -0.1) is 0 Å². The molecule has 5 nitrogen and oxygen atoms in total. The van der Waals surface area contributed by atoms with Gasteiger partial charge in [0.2, 0.25) is 0 Å². The Hall–Kier alpha value is -2.60. The summed E-state index contributed by atoms with van der Waals surface area (Å²) in [5, 5.41) is 4.84. The molecule has 0 bridgehead atoms. The van der Waals surface area contributed by atoms with E-state index in [2.05, 4.69) is 29.4 Å². The average Bonchev–Trinajstić information content (AvgIpc) is 2.61. The maximum absolute atomic E-state index is 13.1. The predicted molar refractivity (Wildman–Crippen MR) is 103 cm³/mol. The molecule has 0 radical (unpaired) electrons. The zero-order valence-corrected chi connectivity index (χ0v) is 15.7. The molecule has 0 unspecified atom stereocenters. The van der Waals surface area contributed by atoms with Crippen molar-refractivity contribution in [2.24, 2.45) is 0 Å². The number of carbonyl (C=O) groups excluding carboxylic acids is 2. The van der Waals surface area contributed by atoms with Gasteiger partial charge in [-0.3, -0.25) is 9.59 Å². The molecule has 0 saturated heterocycles. The molecule has 2 aromatic carbocycles. The van der Waals surface area contributed by atoms with Crippen molar-refractivity contribution >= 4 is 40.5 Å². The Balaban J connectivity index is 2.06. The van der Waals surface area contributed by atoms with E-state index in [0.717, 1.165) is 30.4 Å². The smallest absolute Gasteiger partial charge is 0.314 e. The number of carbonyl (C=O) groups is 2. The molecular weight excluding hydrogens is 357 g/mol. The highest BCUT2D eigenvalue weighted by molar-refractivity contribution is 6.43. The minimum absolute atomic E-state index is 0.133. The number of nitrogens with one attached hydrogen (secondary N) is 2. The van der Waals surface area contributed by atoms with Crippen molar-refractivity contribution in [3.8, 4) is 0 Å². The van der Waals surface area contributed by atoms with Crippen LogP contribution in [0.2, 0.25) is 5.02 Å². The molecule has 0 aliphatic rings. The fraction of sp³-hybridized carbons (Fsp3) is 0.263. The van der Waals surface area contributed by atoms with Crippen molar-refractivity contribution in [1.29, 1.82) is 0 Å². The summed E-state index contributed by atoms with van der Waals surface area (Å²) in [6.07, 6.45) is 0. The lowest BCUT2D eigenvalue weighted by atomic mass is 10.1. The molecule has 0 heterocycles. The van der Waals surface area contributed by atoms with E-state index in [0.29, 0.717) is 5.69 Å². The summed E-state index contributed by atoms with van der Waals surface area (Å²) in [6.45, 7) is 7.76. The maximum Gasteiger partial charge on any atom is 0.314 e. The van der Waals surface area contributed by atoms with Gasteiger partial charge in [-0.25, -0.2) is 4.39 Å². The van der Waals surface area contributed by atoms with Gasteiger partial charge in [-0.05, 0) is 62.7 Å². The lowest BCUT2D eigenvalue weighted by molar-refractivity contribution is -0.133. The lowest BCUT2D eigenvalue weighted by Gasteiger charge is -2.22. The van der Waals surface area contributed by atoms with Crippen LogP contribution in [-0.4, -0.2) is 24.9 Å². The van der Waals surface area contributed by atoms with Crippen LogP contribution in [0.4, 0.5) is 21.5 Å². The van der Waals surface area contributed by atoms with E-state index in [1.807, 2.05) is 19.1 Å². The molecule has 2 N–H and O–H groups in total. The summed E-state index contributed by atoms with van der Waals surface area (Å²) < 4.78 is 13.1. The number of anilines is 3. The van der Waals surface area contributed by atoms with E-state index < -0.39 is 17.6 Å². The monoisotopic (exact) mass is 377 g/mol. The topological polar surface area (TPSA) is 61.4 Å². The molecule has 0 aliphatic heterocycles. The summed E-state index contributed by atoms with van der Waals surface area (Å²) >= 11 is 5.66. The molecule has 7 heteroatoms. The first kappa shape index (κ1) is 19.7. The molecule has 0 aromatic heterocycles. The first-order valence-corrected chi connectivity index (χ1v) is 8.66. The van der Waals surface area contributed by atoms with E-state index in [-0.39, 0.29) is 10.7 Å². The standard InChI is InChI=1S/C19H21ClFN3O2/c1-4-24(5-2)14-7-9-17(12(3)10-14)23-19(26)18(25)22-13-6-8-16(21)15(20)11-13/h6-11H,4-5H2,1-3H3,(H,22,25)(H,23,26). The molecule has 2 rings (SSSR count). The summed E-state index contributed by atoms with van der Waals surface area (Å²) in [5.74, 6) is -2.28. The minimum atomic E-state index is -0.861. The first-order valence-electron chi connectivity index (χ1n) is 8.28. The maximum atomic E-state index is 13.1. The van der Waals surface area contributed by atoms with E-state index in [4.69, 9.17) is 11.6 Å².